The number of hydrogen-bond acceptors (Lipinski definition) is 4. The second-order valence-corrected chi connectivity index (χ2v) is 6.28. The van der Waals surface area contributed by atoms with Gasteiger partial charge in [-0.15, -0.1) is 0 Å². The van der Waals surface area contributed by atoms with Crippen molar-refractivity contribution in [1.82, 2.24) is 0 Å². The monoisotopic (exact) mass is 247 g/mol. The van der Waals surface area contributed by atoms with Crippen LogP contribution in [0.1, 0.15) is 33.6 Å². The summed E-state index contributed by atoms with van der Waals surface area (Å²) in [7, 11) is -1.53. The summed E-state index contributed by atoms with van der Waals surface area (Å²) in [5.74, 6) is 0. The van der Waals surface area contributed by atoms with E-state index in [1.165, 1.54) is 11.8 Å². The van der Waals surface area contributed by atoms with E-state index in [0.29, 0.717) is 18.5 Å². The fourth-order valence-electron chi connectivity index (χ4n) is 1.39. The minimum absolute atomic E-state index is 0.384. The van der Waals surface area contributed by atoms with Gasteiger partial charge in [-0.2, -0.15) is 5.26 Å². The van der Waals surface area contributed by atoms with Gasteiger partial charge in [0.25, 0.3) is 0 Å². The van der Waals surface area contributed by atoms with Crippen molar-refractivity contribution in [3.05, 3.63) is 0 Å². The molecule has 0 aromatic rings. The lowest BCUT2D eigenvalue weighted by Crippen LogP contribution is -2.26. The van der Waals surface area contributed by atoms with Crippen molar-refractivity contribution in [1.29, 1.82) is 5.26 Å². The number of thioether (sulfide) groups is 1. The van der Waals surface area contributed by atoms with Crippen molar-refractivity contribution in [3.63, 3.8) is 0 Å². The third-order valence-corrected chi connectivity index (χ3v) is 5.56. The van der Waals surface area contributed by atoms with E-state index in [2.05, 4.69) is 12.3 Å². The molecule has 5 heteroatoms. The summed E-state index contributed by atoms with van der Waals surface area (Å²) in [6.45, 7) is 7.55. The van der Waals surface area contributed by atoms with E-state index in [9.17, 15) is 0 Å². The summed E-state index contributed by atoms with van der Waals surface area (Å²) >= 11 is 1.36. The Balaban J connectivity index is 4.00. The number of rotatable bonds is 9. The first kappa shape index (κ1) is 15.0. The number of nitrogens with zero attached hydrogens (tertiary/aromatic N) is 1. The highest BCUT2D eigenvalue weighted by molar-refractivity contribution is 8.04. The summed E-state index contributed by atoms with van der Waals surface area (Å²) < 4.78 is 11.2. The first-order valence-corrected chi connectivity index (χ1v) is 8.20. The van der Waals surface area contributed by atoms with Crippen LogP contribution >= 0.6 is 11.8 Å². The van der Waals surface area contributed by atoms with Crippen LogP contribution < -0.4 is 0 Å². The van der Waals surface area contributed by atoms with Crippen LogP contribution in [0, 0.1) is 10.7 Å². The second-order valence-electron chi connectivity index (χ2n) is 3.20. The first-order valence-electron chi connectivity index (χ1n) is 5.56. The van der Waals surface area contributed by atoms with Crippen molar-refractivity contribution in [2.45, 2.75) is 44.9 Å². The molecule has 0 aromatic carbocycles. The zero-order valence-electron chi connectivity index (χ0n) is 9.86. The maximum atomic E-state index is 8.68. The van der Waals surface area contributed by atoms with Gasteiger partial charge in [-0.1, -0.05) is 13.3 Å². The fraction of sp³-hybridized carbons (Fsp3) is 0.900. The Bertz CT molecular complexity index is 181. The molecule has 0 rings (SSSR count). The Kier molecular flexibility index (Phi) is 10.5. The molecule has 15 heavy (non-hydrogen) atoms. The van der Waals surface area contributed by atoms with Crippen LogP contribution in [-0.2, 0) is 8.85 Å². The van der Waals surface area contributed by atoms with Gasteiger partial charge >= 0.3 is 9.28 Å². The van der Waals surface area contributed by atoms with Gasteiger partial charge < -0.3 is 8.85 Å². The molecule has 0 saturated carbocycles. The summed E-state index contributed by atoms with van der Waals surface area (Å²) in [4.78, 5) is 0. The first-order chi connectivity index (χ1) is 7.28. The van der Waals surface area contributed by atoms with Crippen LogP contribution in [0.4, 0.5) is 0 Å². The molecule has 0 aliphatic rings. The highest BCUT2D eigenvalue weighted by atomic mass is 32.2. The van der Waals surface area contributed by atoms with Crippen molar-refractivity contribution in [3.8, 4) is 5.40 Å². The van der Waals surface area contributed by atoms with E-state index in [1.54, 1.807) is 0 Å². The third kappa shape index (κ3) is 7.85. The lowest BCUT2D eigenvalue weighted by atomic mass is 10.3. The molecule has 3 nitrogen and oxygen atoms in total. The summed E-state index contributed by atoms with van der Waals surface area (Å²) in [6.07, 6.45) is 2.18. The Hall–Kier alpha value is -0.0231. The smallest absolute Gasteiger partial charge is 0.322 e. The highest BCUT2D eigenvalue weighted by Gasteiger charge is 2.19. The lowest BCUT2D eigenvalue weighted by molar-refractivity contribution is 0.213. The molecule has 0 N–H and O–H groups in total. The van der Waals surface area contributed by atoms with Crippen molar-refractivity contribution in [2.24, 2.45) is 0 Å². The Labute approximate surface area is 99.0 Å². The number of thiocyanates is 1. The zero-order valence-corrected chi connectivity index (χ0v) is 11.8. The van der Waals surface area contributed by atoms with Gasteiger partial charge in [-0.3, -0.25) is 0 Å². The topological polar surface area (TPSA) is 42.2 Å². The Morgan fingerprint density at radius 3 is 2.27 bits per heavy atom. The molecule has 0 fully saturated rings. The molecule has 1 atom stereocenters. The van der Waals surface area contributed by atoms with Crippen molar-refractivity contribution >= 4 is 21.0 Å². The van der Waals surface area contributed by atoms with Gasteiger partial charge in [0.15, 0.2) is 0 Å². The molecule has 1 unspecified atom stereocenters. The average Bonchev–Trinajstić information content (AvgIpc) is 2.19. The molecule has 0 saturated heterocycles. The van der Waals surface area contributed by atoms with Gasteiger partial charge in [0, 0.05) is 24.5 Å². The lowest BCUT2D eigenvalue weighted by Gasteiger charge is -2.19. The fourth-order valence-corrected chi connectivity index (χ4v) is 4.53. The normalized spacial score (nSPS) is 12.7. The minimum Gasteiger partial charge on any atom is -0.397 e. The average molecular weight is 247 g/mol. The molecule has 0 aliphatic carbocycles. The number of hydrogen-bond donors (Lipinski definition) is 0. The molecule has 0 radical (unpaired) electrons. The van der Waals surface area contributed by atoms with Gasteiger partial charge in [0.2, 0.25) is 0 Å². The van der Waals surface area contributed by atoms with Gasteiger partial charge in [0.05, 0.1) is 0 Å². The Morgan fingerprint density at radius 1 is 1.27 bits per heavy atom. The summed E-state index contributed by atoms with van der Waals surface area (Å²) in [5.41, 5.74) is 0. The minimum atomic E-state index is -1.53. The van der Waals surface area contributed by atoms with Crippen LogP contribution in [0.25, 0.3) is 0 Å². The molecular formula is C10H21NO2SSi. The predicted molar refractivity (Wildman–Crippen MR) is 67.1 cm³/mol. The van der Waals surface area contributed by atoms with Crippen LogP contribution in [-0.4, -0.2) is 27.7 Å². The largest absolute Gasteiger partial charge is 0.397 e. The molecule has 0 bridgehead atoms. The third-order valence-electron chi connectivity index (χ3n) is 1.99. The summed E-state index contributed by atoms with van der Waals surface area (Å²) in [6, 6.07) is 0.938. The SMILES string of the molecule is CCCC(C[SiH](OCC)OCC)SC#N. The molecule has 88 valence electrons. The van der Waals surface area contributed by atoms with Crippen molar-refractivity contribution < 1.29 is 8.85 Å². The van der Waals surface area contributed by atoms with Crippen LogP contribution in [0.2, 0.25) is 6.04 Å². The molecule has 0 heterocycles. The second kappa shape index (κ2) is 10.5. The van der Waals surface area contributed by atoms with E-state index in [4.69, 9.17) is 14.1 Å². The maximum Gasteiger partial charge on any atom is 0.322 e. The van der Waals surface area contributed by atoms with Crippen LogP contribution in [0.3, 0.4) is 0 Å². The molecule has 0 amide bonds. The highest BCUT2D eigenvalue weighted by Crippen LogP contribution is 2.21. The summed E-state index contributed by atoms with van der Waals surface area (Å²) in [5, 5.41) is 11.2. The van der Waals surface area contributed by atoms with Gasteiger partial charge in [-0.05, 0) is 32.0 Å². The van der Waals surface area contributed by atoms with E-state index in [1.807, 2.05) is 13.8 Å². The molecule has 0 aliphatic heterocycles. The zero-order chi connectivity index (χ0) is 11.5. The van der Waals surface area contributed by atoms with Gasteiger partial charge in [-0.25, -0.2) is 0 Å². The maximum absolute atomic E-state index is 8.68. The quantitative estimate of drug-likeness (QED) is 0.464. The van der Waals surface area contributed by atoms with Crippen LogP contribution in [0.5, 0.6) is 0 Å². The Morgan fingerprint density at radius 2 is 1.87 bits per heavy atom. The van der Waals surface area contributed by atoms with E-state index < -0.39 is 9.28 Å². The van der Waals surface area contributed by atoms with E-state index in [0.717, 1.165) is 18.9 Å². The number of nitriles is 1. The van der Waals surface area contributed by atoms with Crippen LogP contribution in [0.15, 0.2) is 0 Å². The van der Waals surface area contributed by atoms with Crippen molar-refractivity contribution in [2.75, 3.05) is 13.2 Å². The standard InChI is InChI=1S/C10H21NO2SSi/c1-4-7-10(14-9-11)8-15(12-5-2)13-6-3/h10,15H,4-8H2,1-3H3. The van der Waals surface area contributed by atoms with E-state index in [-0.39, 0.29) is 0 Å². The van der Waals surface area contributed by atoms with E-state index >= 15 is 0 Å². The van der Waals surface area contributed by atoms with Gasteiger partial charge in [0.1, 0.15) is 5.40 Å². The molecule has 0 spiro atoms. The molecule has 0 aromatic heterocycles. The molecular weight excluding hydrogens is 226 g/mol. The predicted octanol–water partition coefficient (Wildman–Crippen LogP) is 2.66.